The molecule has 1 aromatic carbocycles. The van der Waals surface area contributed by atoms with Crippen molar-refractivity contribution in [2.24, 2.45) is 5.92 Å². The molecule has 0 bridgehead atoms. The predicted molar refractivity (Wildman–Crippen MR) is 76.7 cm³/mol. The third kappa shape index (κ3) is 4.41. The van der Waals surface area contributed by atoms with Gasteiger partial charge < -0.3 is 15.0 Å². The topological polar surface area (TPSA) is 58.6 Å². The summed E-state index contributed by atoms with van der Waals surface area (Å²) in [4.78, 5) is 25.1. The molecular weight excluding hydrogens is 294 g/mol. The fourth-order valence-electron chi connectivity index (χ4n) is 2.42. The number of amides is 2. The van der Waals surface area contributed by atoms with Crippen LogP contribution < -0.4 is 10.1 Å². The number of halogens is 2. The quantitative estimate of drug-likeness (QED) is 0.929. The second-order valence-corrected chi connectivity index (χ2v) is 5.17. The van der Waals surface area contributed by atoms with E-state index in [4.69, 9.17) is 0 Å². The van der Waals surface area contributed by atoms with Crippen molar-refractivity contribution in [3.8, 4) is 5.75 Å². The van der Waals surface area contributed by atoms with Crippen LogP contribution in [0.5, 0.6) is 5.75 Å². The molecule has 120 valence electrons. The summed E-state index contributed by atoms with van der Waals surface area (Å²) in [7, 11) is 0. The lowest BCUT2D eigenvalue weighted by atomic mass is 9.96. The first kappa shape index (κ1) is 16.2. The molecule has 1 aliphatic rings. The van der Waals surface area contributed by atoms with Gasteiger partial charge in [-0.25, -0.2) is 0 Å². The van der Waals surface area contributed by atoms with Crippen molar-refractivity contribution < 1.29 is 23.1 Å². The molecule has 2 amide bonds. The lowest BCUT2D eigenvalue weighted by Crippen LogP contribution is -2.40. The number of carbonyl (C=O) groups excluding carboxylic acids is 2. The van der Waals surface area contributed by atoms with Crippen molar-refractivity contribution in [2.45, 2.75) is 26.4 Å². The second-order valence-electron chi connectivity index (χ2n) is 5.17. The molecule has 1 fully saturated rings. The van der Waals surface area contributed by atoms with E-state index in [0.717, 1.165) is 0 Å². The van der Waals surface area contributed by atoms with Crippen LogP contribution in [0.4, 0.5) is 14.5 Å². The molecule has 2 rings (SSSR count). The number of alkyl halides is 2. The van der Waals surface area contributed by atoms with E-state index < -0.39 is 6.61 Å². The predicted octanol–water partition coefficient (Wildman–Crippen LogP) is 2.49. The average Bonchev–Trinajstić information content (AvgIpc) is 2.49. The van der Waals surface area contributed by atoms with Crippen LogP contribution in [0.2, 0.25) is 0 Å². The van der Waals surface area contributed by atoms with Crippen LogP contribution in [0.3, 0.4) is 0 Å². The van der Waals surface area contributed by atoms with Gasteiger partial charge >= 0.3 is 6.61 Å². The van der Waals surface area contributed by atoms with Gasteiger partial charge in [0, 0.05) is 31.6 Å². The number of benzene rings is 1. The monoisotopic (exact) mass is 312 g/mol. The summed E-state index contributed by atoms with van der Waals surface area (Å²) in [5, 5.41) is 2.75. The Balaban J connectivity index is 1.86. The summed E-state index contributed by atoms with van der Waals surface area (Å²) >= 11 is 0. The van der Waals surface area contributed by atoms with Crippen LogP contribution in [0.1, 0.15) is 19.8 Å². The number of likely N-dealkylation sites (tertiary alicyclic amines) is 1. The summed E-state index contributed by atoms with van der Waals surface area (Å²) in [6.07, 6.45) is 1.25. The van der Waals surface area contributed by atoms with Gasteiger partial charge in [-0.05, 0) is 37.1 Å². The zero-order chi connectivity index (χ0) is 16.1. The van der Waals surface area contributed by atoms with Crippen LogP contribution in [-0.2, 0) is 9.59 Å². The molecule has 0 saturated carbocycles. The van der Waals surface area contributed by atoms with Crippen molar-refractivity contribution in [1.29, 1.82) is 0 Å². The molecule has 22 heavy (non-hydrogen) atoms. The molecule has 7 heteroatoms. The van der Waals surface area contributed by atoms with Crippen LogP contribution in [-0.4, -0.2) is 36.4 Å². The highest BCUT2D eigenvalue weighted by Crippen LogP contribution is 2.21. The molecule has 1 N–H and O–H groups in total. The van der Waals surface area contributed by atoms with E-state index in [1.165, 1.54) is 31.2 Å². The Morgan fingerprint density at radius 3 is 2.32 bits per heavy atom. The number of nitrogens with one attached hydrogen (secondary N) is 1. The van der Waals surface area contributed by atoms with Gasteiger partial charge in [-0.2, -0.15) is 8.78 Å². The third-order valence-electron chi connectivity index (χ3n) is 3.66. The van der Waals surface area contributed by atoms with Gasteiger partial charge in [-0.15, -0.1) is 0 Å². The molecule has 1 aromatic rings. The van der Waals surface area contributed by atoms with E-state index in [-0.39, 0.29) is 23.5 Å². The highest BCUT2D eigenvalue weighted by Gasteiger charge is 2.25. The zero-order valence-electron chi connectivity index (χ0n) is 12.2. The van der Waals surface area contributed by atoms with Crippen LogP contribution in [0, 0.1) is 5.92 Å². The number of rotatable bonds is 4. The van der Waals surface area contributed by atoms with Crippen LogP contribution in [0.15, 0.2) is 24.3 Å². The minimum Gasteiger partial charge on any atom is -0.435 e. The molecular formula is C15H18F2N2O3. The van der Waals surface area contributed by atoms with E-state index in [1.807, 2.05) is 0 Å². The largest absolute Gasteiger partial charge is 0.435 e. The number of hydrogen-bond donors (Lipinski definition) is 1. The number of piperidine rings is 1. The summed E-state index contributed by atoms with van der Waals surface area (Å²) in [6.45, 7) is -0.195. The maximum atomic E-state index is 12.1. The zero-order valence-corrected chi connectivity index (χ0v) is 12.2. The van der Waals surface area contributed by atoms with Gasteiger partial charge in [-0.1, -0.05) is 0 Å². The molecule has 0 aromatic heterocycles. The normalized spacial score (nSPS) is 15.7. The maximum Gasteiger partial charge on any atom is 0.387 e. The SMILES string of the molecule is CC(=O)N1CCC(C(=O)Nc2ccc(OC(F)F)cc2)CC1. The van der Waals surface area contributed by atoms with Gasteiger partial charge in [0.05, 0.1) is 0 Å². The number of nitrogens with zero attached hydrogens (tertiary/aromatic N) is 1. The van der Waals surface area contributed by atoms with E-state index in [0.29, 0.717) is 31.6 Å². The van der Waals surface area contributed by atoms with E-state index in [1.54, 1.807) is 4.90 Å². The molecule has 0 aliphatic carbocycles. The van der Waals surface area contributed by atoms with E-state index >= 15 is 0 Å². The second kappa shape index (κ2) is 7.20. The van der Waals surface area contributed by atoms with Crippen molar-refractivity contribution in [3.63, 3.8) is 0 Å². The Morgan fingerprint density at radius 1 is 1.23 bits per heavy atom. The highest BCUT2D eigenvalue weighted by atomic mass is 19.3. The number of carbonyl (C=O) groups is 2. The van der Waals surface area contributed by atoms with E-state index in [2.05, 4.69) is 10.1 Å². The van der Waals surface area contributed by atoms with Crippen molar-refractivity contribution in [1.82, 2.24) is 4.90 Å². The first-order chi connectivity index (χ1) is 10.5. The Kier molecular flexibility index (Phi) is 5.30. The summed E-state index contributed by atoms with van der Waals surface area (Å²) in [6, 6.07) is 5.78. The first-order valence-electron chi connectivity index (χ1n) is 7.07. The van der Waals surface area contributed by atoms with E-state index in [9.17, 15) is 18.4 Å². The lowest BCUT2D eigenvalue weighted by Gasteiger charge is -2.30. The van der Waals surface area contributed by atoms with Crippen LogP contribution >= 0.6 is 0 Å². The standard InChI is InChI=1S/C15H18F2N2O3/c1-10(20)19-8-6-11(7-9-19)14(21)18-12-2-4-13(5-3-12)22-15(16)17/h2-5,11,15H,6-9H2,1H3,(H,18,21). The minimum absolute atomic E-state index is 0.0217. The molecule has 0 spiro atoms. The van der Waals surface area contributed by atoms with Crippen molar-refractivity contribution in [3.05, 3.63) is 24.3 Å². The Hall–Kier alpha value is -2.18. The van der Waals surface area contributed by atoms with Gasteiger partial charge in [0.1, 0.15) is 5.75 Å². The van der Waals surface area contributed by atoms with Crippen molar-refractivity contribution >= 4 is 17.5 Å². The fraction of sp³-hybridized carbons (Fsp3) is 0.467. The third-order valence-corrected chi connectivity index (χ3v) is 3.66. The molecule has 1 aliphatic heterocycles. The number of anilines is 1. The smallest absolute Gasteiger partial charge is 0.387 e. The lowest BCUT2D eigenvalue weighted by molar-refractivity contribution is -0.132. The molecule has 0 radical (unpaired) electrons. The maximum absolute atomic E-state index is 12.1. The number of hydrogen-bond acceptors (Lipinski definition) is 3. The van der Waals surface area contributed by atoms with Gasteiger partial charge in [0.2, 0.25) is 11.8 Å². The molecule has 0 unspecified atom stereocenters. The van der Waals surface area contributed by atoms with Crippen LogP contribution in [0.25, 0.3) is 0 Å². The Labute approximate surface area is 127 Å². The molecule has 5 nitrogen and oxygen atoms in total. The highest BCUT2D eigenvalue weighted by molar-refractivity contribution is 5.92. The van der Waals surface area contributed by atoms with Gasteiger partial charge in [-0.3, -0.25) is 9.59 Å². The average molecular weight is 312 g/mol. The first-order valence-corrected chi connectivity index (χ1v) is 7.07. The summed E-state index contributed by atoms with van der Waals surface area (Å²) in [5.74, 6) is -0.199. The number of ether oxygens (including phenoxy) is 1. The summed E-state index contributed by atoms with van der Waals surface area (Å²) in [5.41, 5.74) is 0.528. The van der Waals surface area contributed by atoms with Crippen molar-refractivity contribution in [2.75, 3.05) is 18.4 Å². The van der Waals surface area contributed by atoms with Gasteiger partial charge in [0.25, 0.3) is 0 Å². The fourth-order valence-corrected chi connectivity index (χ4v) is 2.42. The Bertz CT molecular complexity index is 526. The molecule has 0 atom stereocenters. The molecule has 1 heterocycles. The minimum atomic E-state index is -2.87. The Morgan fingerprint density at radius 2 is 1.82 bits per heavy atom. The molecule has 1 saturated heterocycles. The summed E-state index contributed by atoms with van der Waals surface area (Å²) < 4.78 is 28.3. The van der Waals surface area contributed by atoms with Gasteiger partial charge in [0.15, 0.2) is 0 Å².